The van der Waals surface area contributed by atoms with E-state index in [4.69, 9.17) is 0 Å². The lowest BCUT2D eigenvalue weighted by atomic mass is 10.0. The molecule has 5 nitrogen and oxygen atoms in total. The Bertz CT molecular complexity index is 608. The van der Waals surface area contributed by atoms with Crippen LogP contribution in [0, 0.1) is 0 Å². The first-order valence-electron chi connectivity index (χ1n) is 7.38. The van der Waals surface area contributed by atoms with Crippen molar-refractivity contribution in [1.82, 2.24) is 20.4 Å². The first-order chi connectivity index (χ1) is 10.2. The van der Waals surface area contributed by atoms with Gasteiger partial charge in [0, 0.05) is 18.3 Å². The number of nitrogens with zero attached hydrogens (tertiary/aromatic N) is 2. The lowest BCUT2D eigenvalue weighted by Crippen LogP contribution is -2.46. The van der Waals surface area contributed by atoms with Crippen LogP contribution < -0.4 is 10.6 Å². The summed E-state index contributed by atoms with van der Waals surface area (Å²) in [5, 5.41) is 10.8. The Hall–Kier alpha value is -2.14. The van der Waals surface area contributed by atoms with E-state index in [-0.39, 0.29) is 11.9 Å². The fourth-order valence-corrected chi connectivity index (χ4v) is 2.69. The van der Waals surface area contributed by atoms with Gasteiger partial charge in [-0.15, -0.1) is 0 Å². The van der Waals surface area contributed by atoms with Gasteiger partial charge < -0.3 is 10.6 Å². The number of nitrogens with one attached hydrogen (secondary N) is 2. The Kier molecular flexibility index (Phi) is 4.01. The highest BCUT2D eigenvalue weighted by molar-refractivity contribution is 5.92. The van der Waals surface area contributed by atoms with Crippen LogP contribution in [0.25, 0.3) is 5.69 Å². The summed E-state index contributed by atoms with van der Waals surface area (Å²) in [7, 11) is 0. The van der Waals surface area contributed by atoms with Crippen LogP contribution in [-0.4, -0.2) is 34.3 Å². The monoisotopic (exact) mass is 284 g/mol. The van der Waals surface area contributed by atoms with Crippen molar-refractivity contribution in [1.29, 1.82) is 0 Å². The minimum Gasteiger partial charge on any atom is -0.348 e. The van der Waals surface area contributed by atoms with Crippen LogP contribution in [0.3, 0.4) is 0 Å². The van der Waals surface area contributed by atoms with E-state index in [1.165, 1.54) is 0 Å². The number of amides is 1. The number of hydrogen-bond acceptors (Lipinski definition) is 3. The summed E-state index contributed by atoms with van der Waals surface area (Å²) in [6.45, 7) is 3.09. The third kappa shape index (κ3) is 3.31. The first-order valence-corrected chi connectivity index (χ1v) is 7.38. The summed E-state index contributed by atoms with van der Waals surface area (Å²) in [4.78, 5) is 12.3. The largest absolute Gasteiger partial charge is 0.348 e. The maximum absolute atomic E-state index is 12.3. The molecule has 0 saturated carbocycles. The maximum atomic E-state index is 12.3. The van der Waals surface area contributed by atoms with Gasteiger partial charge in [-0.1, -0.05) is 18.2 Å². The lowest BCUT2D eigenvalue weighted by Gasteiger charge is -2.28. The van der Waals surface area contributed by atoms with Gasteiger partial charge in [0.1, 0.15) is 0 Å². The molecule has 2 unspecified atom stereocenters. The fraction of sp³-hybridized carbons (Fsp3) is 0.375. The van der Waals surface area contributed by atoms with Gasteiger partial charge in [0.15, 0.2) is 5.69 Å². The lowest BCUT2D eigenvalue weighted by molar-refractivity contribution is 0.0920. The summed E-state index contributed by atoms with van der Waals surface area (Å²) < 4.78 is 1.72. The van der Waals surface area contributed by atoms with E-state index in [0.717, 1.165) is 25.1 Å². The number of rotatable bonds is 3. The molecule has 0 radical (unpaired) electrons. The second kappa shape index (κ2) is 6.10. The molecule has 0 spiro atoms. The number of hydrogen-bond donors (Lipinski definition) is 2. The molecule has 2 aromatic rings. The van der Waals surface area contributed by atoms with Crippen LogP contribution >= 0.6 is 0 Å². The minimum atomic E-state index is -0.0937. The molecule has 3 rings (SSSR count). The van der Waals surface area contributed by atoms with Crippen LogP contribution in [0.5, 0.6) is 0 Å². The Balaban J connectivity index is 1.67. The maximum Gasteiger partial charge on any atom is 0.272 e. The van der Waals surface area contributed by atoms with Crippen LogP contribution in [0.1, 0.15) is 30.3 Å². The molecule has 1 aliphatic rings. The molecule has 110 valence electrons. The molecule has 1 aromatic carbocycles. The molecule has 2 N–H and O–H groups in total. The predicted octanol–water partition coefficient (Wildman–Crippen LogP) is 1.74. The van der Waals surface area contributed by atoms with E-state index >= 15 is 0 Å². The Morgan fingerprint density at radius 2 is 2.14 bits per heavy atom. The quantitative estimate of drug-likeness (QED) is 0.902. The van der Waals surface area contributed by atoms with Crippen molar-refractivity contribution in [2.24, 2.45) is 0 Å². The number of aromatic nitrogens is 2. The normalized spacial score (nSPS) is 22.0. The average molecular weight is 284 g/mol. The highest BCUT2D eigenvalue weighted by atomic mass is 16.2. The van der Waals surface area contributed by atoms with Crippen molar-refractivity contribution in [2.45, 2.75) is 31.8 Å². The van der Waals surface area contributed by atoms with Crippen LogP contribution in [0.2, 0.25) is 0 Å². The molecule has 1 saturated heterocycles. The SMILES string of the molecule is CC1CC(NC(=O)c2ccn(-c3ccccc3)n2)CCN1. The predicted molar refractivity (Wildman–Crippen MR) is 81.5 cm³/mol. The van der Waals surface area contributed by atoms with E-state index in [1.54, 1.807) is 10.7 Å². The van der Waals surface area contributed by atoms with Gasteiger partial charge in [-0.05, 0) is 44.5 Å². The molecule has 1 aromatic heterocycles. The number of para-hydroxylation sites is 1. The van der Waals surface area contributed by atoms with Crippen molar-refractivity contribution in [2.75, 3.05) is 6.54 Å². The minimum absolute atomic E-state index is 0.0937. The van der Waals surface area contributed by atoms with Crippen LogP contribution in [0.4, 0.5) is 0 Å². The number of carbonyl (C=O) groups is 1. The number of piperidine rings is 1. The van der Waals surface area contributed by atoms with Crippen molar-refractivity contribution in [3.8, 4) is 5.69 Å². The third-order valence-electron chi connectivity index (χ3n) is 3.80. The molecule has 2 atom stereocenters. The van der Waals surface area contributed by atoms with E-state index in [0.29, 0.717) is 11.7 Å². The summed E-state index contributed by atoms with van der Waals surface area (Å²) >= 11 is 0. The van der Waals surface area contributed by atoms with E-state index < -0.39 is 0 Å². The molecule has 0 bridgehead atoms. The smallest absolute Gasteiger partial charge is 0.272 e. The molecule has 1 amide bonds. The number of carbonyl (C=O) groups excluding carboxylic acids is 1. The average Bonchev–Trinajstić information content (AvgIpc) is 2.98. The zero-order valence-corrected chi connectivity index (χ0v) is 12.1. The molecule has 5 heteroatoms. The van der Waals surface area contributed by atoms with Gasteiger partial charge in [-0.2, -0.15) is 5.10 Å². The first kappa shape index (κ1) is 13.8. The summed E-state index contributed by atoms with van der Waals surface area (Å²) in [6, 6.07) is 12.2. The summed E-state index contributed by atoms with van der Waals surface area (Å²) in [5.74, 6) is -0.0937. The van der Waals surface area contributed by atoms with E-state index in [1.807, 2.05) is 36.5 Å². The molecule has 21 heavy (non-hydrogen) atoms. The Morgan fingerprint density at radius 1 is 1.33 bits per heavy atom. The topological polar surface area (TPSA) is 59.0 Å². The van der Waals surface area contributed by atoms with Gasteiger partial charge in [0.25, 0.3) is 5.91 Å². The zero-order valence-electron chi connectivity index (χ0n) is 12.1. The standard InChI is InChI=1S/C16H20N4O/c1-12-11-13(7-9-17-12)18-16(21)15-8-10-20(19-15)14-5-3-2-4-6-14/h2-6,8,10,12-13,17H,7,9,11H2,1H3,(H,18,21). The van der Waals surface area contributed by atoms with Crippen molar-refractivity contribution in [3.05, 3.63) is 48.3 Å². The summed E-state index contributed by atoms with van der Waals surface area (Å²) in [5.41, 5.74) is 1.41. The Morgan fingerprint density at radius 3 is 2.90 bits per heavy atom. The molecular formula is C16H20N4O. The van der Waals surface area contributed by atoms with Crippen molar-refractivity contribution >= 4 is 5.91 Å². The van der Waals surface area contributed by atoms with E-state index in [2.05, 4.69) is 22.7 Å². The van der Waals surface area contributed by atoms with Gasteiger partial charge in [-0.3, -0.25) is 4.79 Å². The molecule has 0 aliphatic carbocycles. The van der Waals surface area contributed by atoms with Crippen LogP contribution in [-0.2, 0) is 0 Å². The highest BCUT2D eigenvalue weighted by Crippen LogP contribution is 2.10. The highest BCUT2D eigenvalue weighted by Gasteiger charge is 2.21. The molecule has 2 heterocycles. The third-order valence-corrected chi connectivity index (χ3v) is 3.80. The van der Waals surface area contributed by atoms with Crippen molar-refractivity contribution in [3.63, 3.8) is 0 Å². The van der Waals surface area contributed by atoms with Crippen molar-refractivity contribution < 1.29 is 4.79 Å². The Labute approximate surface area is 124 Å². The fourth-order valence-electron chi connectivity index (χ4n) is 2.69. The molecule has 1 fully saturated rings. The second-order valence-corrected chi connectivity index (χ2v) is 5.53. The van der Waals surface area contributed by atoms with Gasteiger partial charge in [-0.25, -0.2) is 4.68 Å². The van der Waals surface area contributed by atoms with Crippen LogP contribution in [0.15, 0.2) is 42.6 Å². The second-order valence-electron chi connectivity index (χ2n) is 5.53. The summed E-state index contributed by atoms with van der Waals surface area (Å²) in [6.07, 6.45) is 3.75. The number of benzene rings is 1. The van der Waals surface area contributed by atoms with Gasteiger partial charge in [0.2, 0.25) is 0 Å². The van der Waals surface area contributed by atoms with E-state index in [9.17, 15) is 4.79 Å². The zero-order chi connectivity index (χ0) is 14.7. The molecule has 1 aliphatic heterocycles. The van der Waals surface area contributed by atoms with Gasteiger partial charge in [0.05, 0.1) is 5.69 Å². The molecular weight excluding hydrogens is 264 g/mol. The van der Waals surface area contributed by atoms with Gasteiger partial charge >= 0.3 is 0 Å².